The monoisotopic (exact) mass is 972 g/mol. The summed E-state index contributed by atoms with van der Waals surface area (Å²) in [5, 5.41) is 6.25. The van der Waals surface area contributed by atoms with Crippen LogP contribution in [0.3, 0.4) is 0 Å². The second-order valence-electron chi connectivity index (χ2n) is 18.2. The molecule has 6 aromatic rings. The molecule has 2 aliphatic rings. The molecule has 6 atom stereocenters. The predicted molar refractivity (Wildman–Crippen MR) is 276 cm³/mol. The van der Waals surface area contributed by atoms with Gasteiger partial charge in [-0.05, 0) is 97.5 Å². The minimum Gasteiger partial charge on any atom is -0.490 e. The van der Waals surface area contributed by atoms with Crippen LogP contribution in [0.2, 0.25) is 0 Å². The zero-order valence-corrected chi connectivity index (χ0v) is 41.1. The fraction of sp³-hybridized carbons (Fsp3) is 0.267. The number of likely N-dealkylation sites (N-methyl/N-ethyl adjacent to an activating group) is 2. The second-order valence-corrected chi connectivity index (χ2v) is 18.2. The number of amides is 4. The Balaban J connectivity index is 0.000000211. The van der Waals surface area contributed by atoms with Gasteiger partial charge in [-0.25, -0.2) is 8.78 Å². The van der Waals surface area contributed by atoms with Gasteiger partial charge in [0.15, 0.2) is 0 Å². The lowest BCUT2D eigenvalue weighted by Gasteiger charge is -2.30. The summed E-state index contributed by atoms with van der Waals surface area (Å²) in [4.78, 5) is 57.7. The van der Waals surface area contributed by atoms with Gasteiger partial charge in [0.05, 0.1) is 35.4 Å². The van der Waals surface area contributed by atoms with Crippen molar-refractivity contribution in [2.75, 3.05) is 14.1 Å². The highest BCUT2D eigenvalue weighted by molar-refractivity contribution is 6.00. The Morgan fingerprint density at radius 2 is 0.792 bits per heavy atom. The van der Waals surface area contributed by atoms with Gasteiger partial charge in [0.2, 0.25) is 11.8 Å². The van der Waals surface area contributed by atoms with Crippen molar-refractivity contribution < 1.29 is 37.4 Å². The zero-order valence-electron chi connectivity index (χ0n) is 41.1. The fourth-order valence-corrected chi connectivity index (χ4v) is 8.69. The second kappa shape index (κ2) is 25.3. The number of benzene rings is 6. The largest absolute Gasteiger partial charge is 0.490 e. The first-order valence-corrected chi connectivity index (χ1v) is 24.4. The van der Waals surface area contributed by atoms with Crippen LogP contribution in [0.15, 0.2) is 182 Å². The Kier molecular flexibility index (Phi) is 18.3. The zero-order chi connectivity index (χ0) is 51.0. The number of fused-ring (bicyclic) bond motifs is 2. The van der Waals surface area contributed by atoms with Crippen molar-refractivity contribution in [2.45, 2.75) is 88.7 Å². The number of hydrogen-bond donors (Lipinski definition) is 2. The van der Waals surface area contributed by atoms with E-state index in [4.69, 9.17) is 9.47 Å². The van der Waals surface area contributed by atoms with Gasteiger partial charge in [-0.2, -0.15) is 0 Å². The van der Waals surface area contributed by atoms with Crippen LogP contribution in [0, 0.1) is 11.6 Å². The lowest BCUT2D eigenvalue weighted by atomic mass is 9.99. The molecule has 2 aliphatic heterocycles. The molecule has 0 saturated heterocycles. The Morgan fingerprint density at radius 3 is 1.17 bits per heavy atom. The van der Waals surface area contributed by atoms with Crippen LogP contribution in [-0.2, 0) is 22.4 Å². The number of nitrogens with zero attached hydrogens (tertiary/aromatic N) is 2. The molecular weight excluding hydrogens is 911 g/mol. The predicted octanol–water partition coefficient (Wildman–Crippen LogP) is 11.0. The fourth-order valence-electron chi connectivity index (χ4n) is 8.69. The van der Waals surface area contributed by atoms with Crippen molar-refractivity contribution in [3.63, 3.8) is 0 Å². The van der Waals surface area contributed by atoms with Gasteiger partial charge < -0.3 is 29.9 Å². The van der Waals surface area contributed by atoms with Crippen molar-refractivity contribution >= 4 is 23.6 Å². The molecule has 0 unspecified atom stereocenters. The minimum atomic E-state index is -0.764. The summed E-state index contributed by atoms with van der Waals surface area (Å²) >= 11 is 0. The van der Waals surface area contributed by atoms with E-state index < -0.39 is 12.1 Å². The van der Waals surface area contributed by atoms with Crippen LogP contribution in [0.5, 0.6) is 11.5 Å². The van der Waals surface area contributed by atoms with Crippen LogP contribution in [0.25, 0.3) is 0 Å². The number of rotatable bonds is 6. The maximum atomic E-state index is 13.7. The average molecular weight is 973 g/mol. The third-order valence-electron chi connectivity index (χ3n) is 12.8. The first kappa shape index (κ1) is 52.0. The van der Waals surface area contributed by atoms with E-state index in [-0.39, 0.29) is 59.6 Å². The number of halogens is 2. The SMILES string of the molecule is C[C@H]1C/C=C/C[C@@H](c2ccc(F)cc2)NC(=O)[C@@H](Cc2ccccc2)N(C)C(=O)c2ccccc2O1.C[C@H]1C/C=C\C[C@@H](c2ccc(F)cc2)NC(=O)[C@@H](Cc2ccccc2)N(C)C(=O)c2ccccc2O1. The number of para-hydroxylation sites is 2. The maximum Gasteiger partial charge on any atom is 0.258 e. The van der Waals surface area contributed by atoms with Crippen molar-refractivity contribution in [1.82, 2.24) is 20.4 Å². The first-order chi connectivity index (χ1) is 34.8. The lowest BCUT2D eigenvalue weighted by molar-refractivity contribution is -0.126. The summed E-state index contributed by atoms with van der Waals surface area (Å²) in [7, 11) is 3.29. The van der Waals surface area contributed by atoms with E-state index in [1.165, 1.54) is 34.1 Å². The van der Waals surface area contributed by atoms with Gasteiger partial charge >= 0.3 is 0 Å². The normalized spacial score (nSPS) is 22.1. The van der Waals surface area contributed by atoms with Crippen molar-refractivity contribution in [2.24, 2.45) is 0 Å². The third-order valence-corrected chi connectivity index (χ3v) is 12.8. The van der Waals surface area contributed by atoms with Gasteiger partial charge in [0, 0.05) is 39.8 Å². The molecule has 10 nitrogen and oxygen atoms in total. The number of carbonyl (C=O) groups is 4. The summed E-state index contributed by atoms with van der Waals surface area (Å²) < 4.78 is 39.4. The molecule has 0 fully saturated rings. The Morgan fingerprint density at radius 1 is 0.458 bits per heavy atom. The lowest BCUT2D eigenvalue weighted by Crippen LogP contribution is -2.49. The van der Waals surface area contributed by atoms with Crippen LogP contribution in [-0.4, -0.2) is 71.8 Å². The average Bonchev–Trinajstić information content (AvgIpc) is 3.39. The smallest absolute Gasteiger partial charge is 0.258 e. The van der Waals surface area contributed by atoms with Gasteiger partial charge in [0.1, 0.15) is 35.2 Å². The molecule has 0 bridgehead atoms. The molecule has 0 aromatic heterocycles. The molecule has 12 heteroatoms. The Hall–Kier alpha value is -7.86. The van der Waals surface area contributed by atoms with Crippen LogP contribution in [0.1, 0.15) is 94.6 Å². The number of nitrogens with one attached hydrogen (secondary N) is 2. The minimum absolute atomic E-state index is 0.151. The van der Waals surface area contributed by atoms with E-state index >= 15 is 0 Å². The van der Waals surface area contributed by atoms with Crippen LogP contribution >= 0.6 is 0 Å². The molecule has 0 saturated carbocycles. The van der Waals surface area contributed by atoms with Crippen molar-refractivity contribution in [3.8, 4) is 11.5 Å². The Labute approximate surface area is 421 Å². The molecule has 6 aromatic carbocycles. The first-order valence-electron chi connectivity index (χ1n) is 24.4. The van der Waals surface area contributed by atoms with E-state index in [0.717, 1.165) is 22.3 Å². The third kappa shape index (κ3) is 14.1. The quantitative estimate of drug-likeness (QED) is 0.161. The highest BCUT2D eigenvalue weighted by atomic mass is 19.1. The molecule has 2 N–H and O–H groups in total. The molecule has 0 aliphatic carbocycles. The van der Waals surface area contributed by atoms with E-state index in [0.29, 0.717) is 61.2 Å². The van der Waals surface area contributed by atoms with E-state index in [1.54, 1.807) is 74.8 Å². The summed E-state index contributed by atoms with van der Waals surface area (Å²) in [5.41, 5.74) is 4.29. The highest BCUT2D eigenvalue weighted by Crippen LogP contribution is 2.28. The van der Waals surface area contributed by atoms with Crippen LogP contribution in [0.4, 0.5) is 8.78 Å². The molecule has 0 radical (unpaired) electrons. The molecule has 2 heterocycles. The molecule has 8 rings (SSSR count). The van der Waals surface area contributed by atoms with Gasteiger partial charge in [-0.3, -0.25) is 19.2 Å². The summed E-state index contributed by atoms with van der Waals surface area (Å²) in [6, 6.07) is 43.5. The molecule has 4 amide bonds. The van der Waals surface area contributed by atoms with Gasteiger partial charge in [-0.15, -0.1) is 0 Å². The van der Waals surface area contributed by atoms with E-state index in [1.807, 2.05) is 111 Å². The molecule has 372 valence electrons. The number of hydrogen-bond acceptors (Lipinski definition) is 6. The topological polar surface area (TPSA) is 117 Å². The Bertz CT molecular complexity index is 2610. The van der Waals surface area contributed by atoms with Crippen LogP contribution < -0.4 is 20.1 Å². The summed E-state index contributed by atoms with van der Waals surface area (Å²) in [6.45, 7) is 3.91. The number of carbonyl (C=O) groups excluding carboxylic acids is 4. The van der Waals surface area contributed by atoms with Crippen molar-refractivity contribution in [3.05, 3.63) is 227 Å². The highest BCUT2D eigenvalue weighted by Gasteiger charge is 2.33. The van der Waals surface area contributed by atoms with E-state index in [9.17, 15) is 28.0 Å². The molecule has 0 spiro atoms. The molecule has 72 heavy (non-hydrogen) atoms. The summed E-state index contributed by atoms with van der Waals surface area (Å²) in [5.74, 6) is -0.815. The van der Waals surface area contributed by atoms with Gasteiger partial charge in [0.25, 0.3) is 11.8 Å². The standard InChI is InChI=1S/2C30H31FN2O3/c2*1-21-10-6-8-14-26(23-16-18-24(31)19-17-23)32-29(34)27(20-22-11-4-3-5-12-22)33(2)30(35)25-13-7-9-15-28(25)36-21/h2*3-9,11-13,15-19,21,26-27H,10,14,20H2,1-2H3,(H,32,34)/b8-6+;8-6-/t2*21-,26-,27+/m00/s1. The van der Waals surface area contributed by atoms with Gasteiger partial charge in [-0.1, -0.05) is 133 Å². The maximum absolute atomic E-state index is 13.7. The molecular formula is C60H62F2N4O6. The van der Waals surface area contributed by atoms with Crippen molar-refractivity contribution in [1.29, 1.82) is 0 Å². The number of ether oxygens (including phenoxy) is 2. The summed E-state index contributed by atoms with van der Waals surface area (Å²) in [6.07, 6.45) is 10.8. The van der Waals surface area contributed by atoms with E-state index in [2.05, 4.69) is 10.6 Å².